The van der Waals surface area contributed by atoms with Gasteiger partial charge in [0.2, 0.25) is 5.91 Å². The van der Waals surface area contributed by atoms with Gasteiger partial charge in [-0.15, -0.1) is 0 Å². The molecule has 6 heteroatoms. The Bertz CT molecular complexity index is 800. The standard InChI is InChI=1S/C21H24ClN3O2/c1-3-10-25(14-17-6-4-16(12-23)5-7-17)15-21(26)24-13-18-11-19(22)8-9-20(18)27-2/h4-9,11H,3,10,13-15H2,1-2H3,(H,24,26). The van der Waals surface area contributed by atoms with Gasteiger partial charge < -0.3 is 10.1 Å². The van der Waals surface area contributed by atoms with Crippen molar-refractivity contribution < 1.29 is 9.53 Å². The van der Waals surface area contributed by atoms with E-state index in [9.17, 15) is 4.79 Å². The summed E-state index contributed by atoms with van der Waals surface area (Å²) in [5.41, 5.74) is 2.55. The SMILES string of the molecule is CCCN(CC(=O)NCc1cc(Cl)ccc1OC)Cc1ccc(C#N)cc1. The highest BCUT2D eigenvalue weighted by molar-refractivity contribution is 6.30. The van der Waals surface area contributed by atoms with Crippen LogP contribution < -0.4 is 10.1 Å². The Morgan fingerprint density at radius 1 is 1.26 bits per heavy atom. The Kier molecular flexibility index (Phi) is 8.12. The van der Waals surface area contributed by atoms with Crippen molar-refractivity contribution in [3.63, 3.8) is 0 Å². The van der Waals surface area contributed by atoms with Crippen molar-refractivity contribution in [2.45, 2.75) is 26.4 Å². The van der Waals surface area contributed by atoms with Crippen molar-refractivity contribution in [3.8, 4) is 11.8 Å². The number of nitrogens with one attached hydrogen (secondary N) is 1. The summed E-state index contributed by atoms with van der Waals surface area (Å²) in [4.78, 5) is 14.5. The average Bonchev–Trinajstić information content (AvgIpc) is 2.67. The van der Waals surface area contributed by atoms with E-state index in [1.165, 1.54) is 0 Å². The fraction of sp³-hybridized carbons (Fsp3) is 0.333. The Labute approximate surface area is 165 Å². The number of amides is 1. The van der Waals surface area contributed by atoms with Crippen LogP contribution in [-0.4, -0.2) is 31.0 Å². The van der Waals surface area contributed by atoms with Crippen LogP contribution in [0.2, 0.25) is 5.02 Å². The van der Waals surface area contributed by atoms with Crippen LogP contribution >= 0.6 is 11.6 Å². The molecule has 1 amide bonds. The first-order valence-corrected chi connectivity index (χ1v) is 9.24. The number of hydrogen-bond donors (Lipinski definition) is 1. The highest BCUT2D eigenvalue weighted by Crippen LogP contribution is 2.22. The number of nitriles is 1. The molecular weight excluding hydrogens is 362 g/mol. The van der Waals surface area contributed by atoms with Gasteiger partial charge in [-0.3, -0.25) is 9.69 Å². The lowest BCUT2D eigenvalue weighted by atomic mass is 10.1. The Morgan fingerprint density at radius 3 is 2.63 bits per heavy atom. The molecule has 27 heavy (non-hydrogen) atoms. The zero-order valence-corrected chi connectivity index (χ0v) is 16.4. The predicted molar refractivity (Wildman–Crippen MR) is 107 cm³/mol. The molecule has 0 saturated carbocycles. The van der Waals surface area contributed by atoms with Crippen molar-refractivity contribution >= 4 is 17.5 Å². The number of halogens is 1. The molecule has 0 aliphatic rings. The molecule has 5 nitrogen and oxygen atoms in total. The van der Waals surface area contributed by atoms with Crippen LogP contribution in [0, 0.1) is 11.3 Å². The van der Waals surface area contributed by atoms with E-state index in [2.05, 4.69) is 23.2 Å². The molecule has 0 radical (unpaired) electrons. The first kappa shape index (κ1) is 20.8. The maximum atomic E-state index is 12.4. The molecule has 0 fully saturated rings. The maximum absolute atomic E-state index is 12.4. The fourth-order valence-corrected chi connectivity index (χ4v) is 3.01. The lowest BCUT2D eigenvalue weighted by molar-refractivity contribution is -0.122. The lowest BCUT2D eigenvalue weighted by Crippen LogP contribution is -2.37. The Morgan fingerprint density at radius 2 is 2.00 bits per heavy atom. The second-order valence-electron chi connectivity index (χ2n) is 6.25. The molecule has 2 aromatic rings. The van der Waals surface area contributed by atoms with E-state index in [4.69, 9.17) is 21.6 Å². The molecule has 0 saturated heterocycles. The second kappa shape index (κ2) is 10.6. The van der Waals surface area contributed by atoms with E-state index < -0.39 is 0 Å². The van der Waals surface area contributed by atoms with E-state index in [0.29, 0.717) is 36.0 Å². The molecule has 0 heterocycles. The number of ether oxygens (including phenoxy) is 1. The van der Waals surface area contributed by atoms with Gasteiger partial charge in [-0.1, -0.05) is 30.7 Å². The highest BCUT2D eigenvalue weighted by Gasteiger charge is 2.12. The van der Waals surface area contributed by atoms with Crippen molar-refractivity contribution in [1.82, 2.24) is 10.2 Å². The van der Waals surface area contributed by atoms with Gasteiger partial charge >= 0.3 is 0 Å². The van der Waals surface area contributed by atoms with Gasteiger partial charge in [0.05, 0.1) is 25.3 Å². The van der Waals surface area contributed by atoms with Crippen molar-refractivity contribution in [1.29, 1.82) is 5.26 Å². The number of carbonyl (C=O) groups excluding carboxylic acids is 1. The largest absolute Gasteiger partial charge is 0.496 e. The zero-order valence-electron chi connectivity index (χ0n) is 15.7. The third-order valence-electron chi connectivity index (χ3n) is 4.11. The van der Waals surface area contributed by atoms with Crippen LogP contribution in [0.5, 0.6) is 5.75 Å². The lowest BCUT2D eigenvalue weighted by Gasteiger charge is -2.21. The first-order chi connectivity index (χ1) is 13.0. The molecule has 0 bridgehead atoms. The molecule has 1 N–H and O–H groups in total. The van der Waals surface area contributed by atoms with Gasteiger partial charge in [0, 0.05) is 23.7 Å². The van der Waals surface area contributed by atoms with Crippen LogP contribution in [0.25, 0.3) is 0 Å². The second-order valence-corrected chi connectivity index (χ2v) is 6.69. The first-order valence-electron chi connectivity index (χ1n) is 8.86. The molecule has 0 aromatic heterocycles. The molecule has 0 aliphatic carbocycles. The number of carbonyl (C=O) groups is 1. The molecule has 142 valence electrons. The monoisotopic (exact) mass is 385 g/mol. The minimum atomic E-state index is -0.0564. The van der Waals surface area contributed by atoms with E-state index in [1.54, 1.807) is 37.4 Å². The average molecular weight is 386 g/mol. The van der Waals surface area contributed by atoms with E-state index in [1.807, 2.05) is 12.1 Å². The van der Waals surface area contributed by atoms with Crippen LogP contribution in [0.1, 0.15) is 30.0 Å². The van der Waals surface area contributed by atoms with Crippen LogP contribution in [0.15, 0.2) is 42.5 Å². The molecule has 2 rings (SSSR count). The molecule has 0 spiro atoms. The summed E-state index contributed by atoms with van der Waals surface area (Å²) in [6, 6.07) is 14.9. The number of hydrogen-bond acceptors (Lipinski definition) is 4. The molecule has 0 unspecified atom stereocenters. The molecule has 0 atom stereocenters. The van der Waals surface area contributed by atoms with Crippen LogP contribution in [0.4, 0.5) is 0 Å². The summed E-state index contributed by atoms with van der Waals surface area (Å²) in [5.74, 6) is 0.641. The summed E-state index contributed by atoms with van der Waals surface area (Å²) in [6.07, 6.45) is 0.950. The van der Waals surface area contributed by atoms with Crippen LogP contribution in [-0.2, 0) is 17.9 Å². The fourth-order valence-electron chi connectivity index (χ4n) is 2.81. The van der Waals surface area contributed by atoms with Gasteiger partial charge in [-0.25, -0.2) is 0 Å². The Balaban J connectivity index is 1.94. The number of nitrogens with zero attached hydrogens (tertiary/aromatic N) is 2. The Hall–Kier alpha value is -2.55. The maximum Gasteiger partial charge on any atom is 0.234 e. The third kappa shape index (κ3) is 6.59. The molecule has 0 aliphatic heterocycles. The smallest absolute Gasteiger partial charge is 0.234 e. The van der Waals surface area contributed by atoms with Crippen molar-refractivity contribution in [2.24, 2.45) is 0 Å². The summed E-state index contributed by atoms with van der Waals surface area (Å²) < 4.78 is 5.31. The topological polar surface area (TPSA) is 65.4 Å². The summed E-state index contributed by atoms with van der Waals surface area (Å²) in [6.45, 7) is 4.22. The normalized spacial score (nSPS) is 10.5. The summed E-state index contributed by atoms with van der Waals surface area (Å²) in [7, 11) is 1.59. The predicted octanol–water partition coefficient (Wildman–Crippen LogP) is 3.75. The van der Waals surface area contributed by atoms with Crippen LogP contribution in [0.3, 0.4) is 0 Å². The van der Waals surface area contributed by atoms with E-state index in [-0.39, 0.29) is 5.91 Å². The zero-order chi connectivity index (χ0) is 19.6. The molecule has 2 aromatic carbocycles. The van der Waals surface area contributed by atoms with Gasteiger partial charge in [0.25, 0.3) is 0 Å². The minimum Gasteiger partial charge on any atom is -0.496 e. The number of methoxy groups -OCH3 is 1. The molecular formula is C21H24ClN3O2. The number of rotatable bonds is 9. The summed E-state index contributed by atoms with van der Waals surface area (Å²) >= 11 is 6.03. The van der Waals surface area contributed by atoms with Gasteiger partial charge in [-0.2, -0.15) is 5.26 Å². The van der Waals surface area contributed by atoms with E-state index >= 15 is 0 Å². The van der Waals surface area contributed by atoms with Gasteiger partial charge in [0.15, 0.2) is 0 Å². The summed E-state index contributed by atoms with van der Waals surface area (Å²) in [5, 5.41) is 12.4. The number of benzene rings is 2. The quantitative estimate of drug-likeness (QED) is 0.714. The van der Waals surface area contributed by atoms with Crippen molar-refractivity contribution in [3.05, 3.63) is 64.2 Å². The van der Waals surface area contributed by atoms with E-state index in [0.717, 1.165) is 24.1 Å². The van der Waals surface area contributed by atoms with Crippen molar-refractivity contribution in [2.75, 3.05) is 20.2 Å². The van der Waals surface area contributed by atoms with Gasteiger partial charge in [-0.05, 0) is 48.9 Å². The van der Waals surface area contributed by atoms with Gasteiger partial charge in [0.1, 0.15) is 5.75 Å². The highest BCUT2D eigenvalue weighted by atomic mass is 35.5. The third-order valence-corrected chi connectivity index (χ3v) is 4.35. The minimum absolute atomic E-state index is 0.0564.